The summed E-state index contributed by atoms with van der Waals surface area (Å²) in [5.74, 6) is 1.30. The Kier molecular flexibility index (Phi) is 3.81. The molecular weight excluding hydrogens is 292 g/mol. The first-order chi connectivity index (χ1) is 8.61. The molecule has 0 aliphatic heterocycles. The van der Waals surface area contributed by atoms with Gasteiger partial charge in [-0.2, -0.15) is 0 Å². The normalized spacial score (nSPS) is 10.4. The van der Waals surface area contributed by atoms with E-state index in [2.05, 4.69) is 31.2 Å². The molecule has 0 bridgehead atoms. The topological polar surface area (TPSA) is 63.8 Å². The van der Waals surface area contributed by atoms with Crippen LogP contribution in [0.1, 0.15) is 18.1 Å². The highest BCUT2D eigenvalue weighted by molar-refractivity contribution is 9.10. The molecule has 0 aliphatic carbocycles. The fraction of sp³-hybridized carbons (Fsp3) is 0.231. The highest BCUT2D eigenvalue weighted by atomic mass is 79.9. The quantitative estimate of drug-likeness (QED) is 0.912. The molecule has 0 atom stereocenters. The van der Waals surface area contributed by atoms with Crippen LogP contribution in [0.15, 0.2) is 29.0 Å². The van der Waals surface area contributed by atoms with Crippen molar-refractivity contribution in [2.75, 3.05) is 11.1 Å². The summed E-state index contributed by atoms with van der Waals surface area (Å²) >= 11 is 3.46. The lowest BCUT2D eigenvalue weighted by Gasteiger charge is -2.13. The number of nitrogens with two attached hydrogens (primary N) is 1. The van der Waals surface area contributed by atoms with E-state index in [1.165, 1.54) is 6.33 Å². The number of rotatable bonds is 3. The molecule has 0 unspecified atom stereocenters. The molecule has 1 aromatic heterocycles. The highest BCUT2D eigenvalue weighted by Gasteiger charge is 2.08. The van der Waals surface area contributed by atoms with Gasteiger partial charge in [-0.25, -0.2) is 9.97 Å². The van der Waals surface area contributed by atoms with Gasteiger partial charge >= 0.3 is 0 Å². The van der Waals surface area contributed by atoms with Gasteiger partial charge in [-0.1, -0.05) is 28.9 Å². The molecule has 1 aromatic carbocycles. The lowest BCUT2D eigenvalue weighted by Crippen LogP contribution is -2.05. The molecule has 4 nitrogen and oxygen atoms in total. The fourth-order valence-electron chi connectivity index (χ4n) is 1.74. The summed E-state index contributed by atoms with van der Waals surface area (Å²) in [5.41, 5.74) is 8.96. The predicted molar refractivity (Wildman–Crippen MR) is 78.0 cm³/mol. The molecule has 3 N–H and O–H groups in total. The number of nitrogens with zero attached hydrogens (tertiary/aromatic N) is 2. The van der Waals surface area contributed by atoms with E-state index in [-0.39, 0.29) is 0 Å². The molecule has 5 heteroatoms. The molecule has 0 amide bonds. The maximum atomic E-state index is 5.85. The van der Waals surface area contributed by atoms with Gasteiger partial charge in [-0.3, -0.25) is 0 Å². The second-order valence-corrected chi connectivity index (χ2v) is 4.94. The Balaban J connectivity index is 2.40. The summed E-state index contributed by atoms with van der Waals surface area (Å²) in [4.78, 5) is 8.27. The average molecular weight is 307 g/mol. The van der Waals surface area contributed by atoms with Gasteiger partial charge in [0.05, 0.1) is 0 Å². The lowest BCUT2D eigenvalue weighted by molar-refractivity contribution is 1.06. The van der Waals surface area contributed by atoms with Crippen molar-refractivity contribution in [1.29, 1.82) is 0 Å². The maximum absolute atomic E-state index is 5.85. The minimum absolute atomic E-state index is 0.530. The van der Waals surface area contributed by atoms with Crippen LogP contribution in [0, 0.1) is 6.92 Å². The summed E-state index contributed by atoms with van der Waals surface area (Å²) in [5, 5.41) is 3.31. The maximum Gasteiger partial charge on any atom is 0.139 e. The third kappa shape index (κ3) is 2.61. The number of anilines is 3. The number of aromatic nitrogens is 2. The Morgan fingerprint density at radius 3 is 2.83 bits per heavy atom. The van der Waals surface area contributed by atoms with Crippen LogP contribution in [-0.2, 0) is 6.42 Å². The number of halogens is 1. The molecule has 1 heterocycles. The van der Waals surface area contributed by atoms with E-state index in [0.717, 1.165) is 33.5 Å². The minimum Gasteiger partial charge on any atom is -0.383 e. The van der Waals surface area contributed by atoms with E-state index in [1.54, 1.807) is 0 Å². The van der Waals surface area contributed by atoms with Gasteiger partial charge in [0, 0.05) is 15.7 Å². The van der Waals surface area contributed by atoms with E-state index in [9.17, 15) is 0 Å². The largest absolute Gasteiger partial charge is 0.383 e. The monoisotopic (exact) mass is 306 g/mol. The van der Waals surface area contributed by atoms with E-state index in [1.807, 2.05) is 32.0 Å². The van der Waals surface area contributed by atoms with Crippen LogP contribution >= 0.6 is 15.9 Å². The zero-order valence-electron chi connectivity index (χ0n) is 10.4. The first-order valence-electron chi connectivity index (χ1n) is 5.74. The summed E-state index contributed by atoms with van der Waals surface area (Å²) in [6.07, 6.45) is 2.27. The van der Waals surface area contributed by atoms with Crippen molar-refractivity contribution < 1.29 is 0 Å². The first kappa shape index (κ1) is 12.8. The summed E-state index contributed by atoms with van der Waals surface area (Å²) in [6.45, 7) is 4.08. The number of hydrogen-bond donors (Lipinski definition) is 2. The van der Waals surface area contributed by atoms with Gasteiger partial charge in [-0.05, 0) is 31.0 Å². The van der Waals surface area contributed by atoms with Crippen molar-refractivity contribution in [2.45, 2.75) is 20.3 Å². The van der Waals surface area contributed by atoms with Gasteiger partial charge < -0.3 is 11.1 Å². The number of hydrogen-bond acceptors (Lipinski definition) is 4. The second-order valence-electron chi connectivity index (χ2n) is 4.02. The van der Waals surface area contributed by atoms with Crippen LogP contribution in [0.3, 0.4) is 0 Å². The molecule has 0 saturated carbocycles. The van der Waals surface area contributed by atoms with E-state index in [4.69, 9.17) is 5.73 Å². The standard InChI is InChI=1S/C13H15BrN4/c1-3-10-12(15)16-7-17-13(10)18-11-6-9(14)5-4-8(11)2/h4-7H,3H2,1-2H3,(H3,15,16,17,18). The van der Waals surface area contributed by atoms with E-state index in [0.29, 0.717) is 5.82 Å². The van der Waals surface area contributed by atoms with Gasteiger partial charge in [0.1, 0.15) is 18.0 Å². The predicted octanol–water partition coefficient (Wildman–Crippen LogP) is 3.44. The summed E-state index contributed by atoms with van der Waals surface area (Å²) in [7, 11) is 0. The number of benzene rings is 1. The van der Waals surface area contributed by atoms with Gasteiger partial charge in [0.2, 0.25) is 0 Å². The molecule has 0 aliphatic rings. The lowest BCUT2D eigenvalue weighted by atomic mass is 10.1. The Bertz CT molecular complexity index is 569. The number of nitrogen functional groups attached to an aromatic ring is 1. The van der Waals surface area contributed by atoms with Crippen molar-refractivity contribution in [2.24, 2.45) is 0 Å². The third-order valence-corrected chi connectivity index (χ3v) is 3.28. The number of aryl methyl sites for hydroxylation is 1. The second kappa shape index (κ2) is 5.35. The van der Waals surface area contributed by atoms with Crippen LogP contribution in [0.4, 0.5) is 17.3 Å². The zero-order valence-corrected chi connectivity index (χ0v) is 12.0. The minimum atomic E-state index is 0.530. The Morgan fingerprint density at radius 2 is 2.11 bits per heavy atom. The smallest absolute Gasteiger partial charge is 0.139 e. The van der Waals surface area contributed by atoms with E-state index >= 15 is 0 Å². The molecule has 0 saturated heterocycles. The average Bonchev–Trinajstić information content (AvgIpc) is 2.34. The Morgan fingerprint density at radius 1 is 1.33 bits per heavy atom. The van der Waals surface area contributed by atoms with E-state index < -0.39 is 0 Å². The summed E-state index contributed by atoms with van der Waals surface area (Å²) < 4.78 is 1.02. The van der Waals surface area contributed by atoms with Crippen molar-refractivity contribution in [3.05, 3.63) is 40.1 Å². The molecule has 0 spiro atoms. The number of nitrogens with one attached hydrogen (secondary N) is 1. The fourth-order valence-corrected chi connectivity index (χ4v) is 2.10. The molecule has 2 aromatic rings. The molecule has 94 valence electrons. The Hall–Kier alpha value is -1.62. The van der Waals surface area contributed by atoms with Gasteiger partial charge in [0.15, 0.2) is 0 Å². The van der Waals surface area contributed by atoms with Crippen LogP contribution < -0.4 is 11.1 Å². The molecular formula is C13H15BrN4. The molecule has 0 radical (unpaired) electrons. The Labute approximate surface area is 115 Å². The van der Waals surface area contributed by atoms with Crippen molar-refractivity contribution in [1.82, 2.24) is 9.97 Å². The third-order valence-electron chi connectivity index (χ3n) is 2.78. The van der Waals surface area contributed by atoms with Crippen LogP contribution in [0.2, 0.25) is 0 Å². The molecule has 18 heavy (non-hydrogen) atoms. The van der Waals surface area contributed by atoms with Crippen molar-refractivity contribution in [3.8, 4) is 0 Å². The van der Waals surface area contributed by atoms with Crippen LogP contribution in [0.25, 0.3) is 0 Å². The SMILES string of the molecule is CCc1c(N)ncnc1Nc1cc(Br)ccc1C. The van der Waals surface area contributed by atoms with Gasteiger partial charge in [-0.15, -0.1) is 0 Å². The molecule has 0 fully saturated rings. The highest BCUT2D eigenvalue weighted by Crippen LogP contribution is 2.26. The van der Waals surface area contributed by atoms with Crippen LogP contribution in [-0.4, -0.2) is 9.97 Å². The van der Waals surface area contributed by atoms with Gasteiger partial charge in [0.25, 0.3) is 0 Å². The van der Waals surface area contributed by atoms with Crippen molar-refractivity contribution >= 4 is 33.3 Å². The van der Waals surface area contributed by atoms with Crippen LogP contribution in [0.5, 0.6) is 0 Å². The first-order valence-corrected chi connectivity index (χ1v) is 6.53. The summed E-state index contributed by atoms with van der Waals surface area (Å²) in [6, 6.07) is 6.07. The zero-order chi connectivity index (χ0) is 13.1. The molecule has 2 rings (SSSR count). The van der Waals surface area contributed by atoms with Crippen molar-refractivity contribution in [3.63, 3.8) is 0 Å².